The van der Waals surface area contributed by atoms with Crippen molar-refractivity contribution in [2.24, 2.45) is 11.7 Å². The summed E-state index contributed by atoms with van der Waals surface area (Å²) in [5, 5.41) is 13.7. The minimum atomic E-state index is -1.40. The molecule has 0 bridgehead atoms. The van der Waals surface area contributed by atoms with Crippen LogP contribution in [0.2, 0.25) is 0 Å². The van der Waals surface area contributed by atoms with Gasteiger partial charge in [0, 0.05) is 6.20 Å². The average Bonchev–Trinajstić information content (AvgIpc) is 3.21. The Balaban J connectivity index is 1.77. The average molecular weight is 496 g/mol. The van der Waals surface area contributed by atoms with Crippen LogP contribution in [0.25, 0.3) is 11.1 Å². The number of primary amides is 1. The van der Waals surface area contributed by atoms with Gasteiger partial charge in [0.15, 0.2) is 5.58 Å². The Morgan fingerprint density at radius 3 is 2.69 bits per heavy atom. The van der Waals surface area contributed by atoms with Crippen LogP contribution in [-0.2, 0) is 22.6 Å². The maximum Gasteiger partial charge on any atom is 0.405 e. The molecule has 11 nitrogen and oxygen atoms in total. The number of carbonyl (C=O) groups is 3. The van der Waals surface area contributed by atoms with Crippen LogP contribution in [-0.4, -0.2) is 38.6 Å². The largest absolute Gasteiger partial charge is 0.465 e. The number of nitrogens with two attached hydrogens (primary N) is 1. The summed E-state index contributed by atoms with van der Waals surface area (Å²) in [6.07, 6.45) is 3.84. The van der Waals surface area contributed by atoms with E-state index in [0.29, 0.717) is 17.4 Å². The highest BCUT2D eigenvalue weighted by Crippen LogP contribution is 2.22. The van der Waals surface area contributed by atoms with E-state index in [1.807, 2.05) is 18.2 Å². The van der Waals surface area contributed by atoms with E-state index in [4.69, 9.17) is 15.3 Å². The lowest BCUT2D eigenvalue weighted by atomic mass is 10.0. The van der Waals surface area contributed by atoms with Gasteiger partial charge in [0.2, 0.25) is 17.7 Å². The van der Waals surface area contributed by atoms with Gasteiger partial charge in [0.25, 0.3) is 5.56 Å². The fourth-order valence-corrected chi connectivity index (χ4v) is 3.73. The van der Waals surface area contributed by atoms with Gasteiger partial charge in [0.1, 0.15) is 23.8 Å². The number of para-hydroxylation sites is 1. The fraction of sp³-hybridized carbons (Fsp3) is 0.320. The van der Waals surface area contributed by atoms with Crippen molar-refractivity contribution in [2.45, 2.75) is 45.7 Å². The summed E-state index contributed by atoms with van der Waals surface area (Å²) in [5.41, 5.74) is 6.95. The van der Waals surface area contributed by atoms with E-state index in [2.05, 4.69) is 29.5 Å². The first kappa shape index (κ1) is 26.2. The number of hydrogen-bond donors (Lipinski definition) is 4. The smallest absolute Gasteiger partial charge is 0.405 e. The van der Waals surface area contributed by atoms with Crippen LogP contribution in [0.5, 0.6) is 0 Å². The van der Waals surface area contributed by atoms with Gasteiger partial charge in [-0.2, -0.15) is 0 Å². The summed E-state index contributed by atoms with van der Waals surface area (Å²) in [5.74, 6) is -0.572. The number of nitrogens with zero attached hydrogens (tertiary/aromatic N) is 2. The van der Waals surface area contributed by atoms with E-state index in [0.717, 1.165) is 23.6 Å². The molecule has 1 atom stereocenters. The normalized spacial score (nSPS) is 12.2. The minimum Gasteiger partial charge on any atom is -0.465 e. The van der Waals surface area contributed by atoms with Crippen molar-refractivity contribution < 1.29 is 23.9 Å². The highest BCUT2D eigenvalue weighted by Gasteiger charge is 2.21. The molecule has 11 heteroatoms. The molecule has 0 aliphatic carbocycles. The number of amides is 3. The first-order chi connectivity index (χ1) is 17.1. The van der Waals surface area contributed by atoms with Crippen LogP contribution in [0.1, 0.15) is 38.1 Å². The number of pyridine rings is 1. The van der Waals surface area contributed by atoms with Gasteiger partial charge in [-0.15, -0.1) is 0 Å². The van der Waals surface area contributed by atoms with Crippen molar-refractivity contribution in [1.82, 2.24) is 14.9 Å². The maximum absolute atomic E-state index is 13.0. The molecule has 3 aromatic rings. The van der Waals surface area contributed by atoms with Gasteiger partial charge in [-0.05, 0) is 55.0 Å². The van der Waals surface area contributed by atoms with Crippen LogP contribution in [0.4, 0.5) is 10.5 Å². The van der Waals surface area contributed by atoms with Crippen molar-refractivity contribution in [2.75, 3.05) is 5.32 Å². The summed E-state index contributed by atoms with van der Waals surface area (Å²) >= 11 is 0. The molecule has 1 aromatic carbocycles. The second kappa shape index (κ2) is 11.8. The molecule has 36 heavy (non-hydrogen) atoms. The van der Waals surface area contributed by atoms with E-state index >= 15 is 0 Å². The van der Waals surface area contributed by atoms with Crippen molar-refractivity contribution in [3.05, 3.63) is 70.5 Å². The molecule has 3 rings (SSSR count). The van der Waals surface area contributed by atoms with Crippen LogP contribution < -0.4 is 21.9 Å². The second-order valence-corrected chi connectivity index (χ2v) is 8.70. The van der Waals surface area contributed by atoms with Gasteiger partial charge < -0.3 is 30.5 Å². The highest BCUT2D eigenvalue weighted by atomic mass is 16.4. The van der Waals surface area contributed by atoms with E-state index in [1.54, 1.807) is 12.3 Å². The van der Waals surface area contributed by atoms with E-state index in [9.17, 15) is 19.2 Å². The van der Waals surface area contributed by atoms with Crippen molar-refractivity contribution >= 4 is 34.7 Å². The van der Waals surface area contributed by atoms with Crippen molar-refractivity contribution in [3.63, 3.8) is 0 Å². The molecular weight excluding hydrogens is 466 g/mol. The number of carboxylic acid groups (broad SMARTS) is 1. The van der Waals surface area contributed by atoms with E-state index in [1.165, 1.54) is 16.7 Å². The molecule has 2 heterocycles. The summed E-state index contributed by atoms with van der Waals surface area (Å²) in [4.78, 5) is 52.2. The number of anilines is 1. The number of hydrogen-bond acceptors (Lipinski definition) is 6. The molecule has 190 valence electrons. The lowest BCUT2D eigenvalue weighted by Crippen LogP contribution is -2.44. The maximum atomic E-state index is 13.0. The molecule has 5 N–H and O–H groups in total. The number of nitrogens with one attached hydrogen (secondary N) is 2. The Bertz CT molecular complexity index is 1340. The zero-order valence-corrected chi connectivity index (χ0v) is 20.1. The Morgan fingerprint density at radius 1 is 1.22 bits per heavy atom. The molecule has 0 aliphatic heterocycles. The SMILES string of the molecule is CC(C)Cc1cccc2oc(Cn3cccc(NC(=O)C(CC/C=C/C(N)=O)NC(=O)O)c3=O)nc12. The van der Waals surface area contributed by atoms with Crippen molar-refractivity contribution in [1.29, 1.82) is 0 Å². The van der Waals surface area contributed by atoms with Crippen LogP contribution >= 0.6 is 0 Å². The minimum absolute atomic E-state index is 0.0241. The fourth-order valence-electron chi connectivity index (χ4n) is 3.73. The van der Waals surface area contributed by atoms with Crippen LogP contribution in [0.15, 0.2) is 57.9 Å². The van der Waals surface area contributed by atoms with Crippen molar-refractivity contribution in [3.8, 4) is 0 Å². The molecule has 1 unspecified atom stereocenters. The number of aromatic nitrogens is 2. The number of rotatable bonds is 11. The second-order valence-electron chi connectivity index (χ2n) is 8.70. The van der Waals surface area contributed by atoms with E-state index in [-0.39, 0.29) is 25.1 Å². The lowest BCUT2D eigenvalue weighted by Gasteiger charge is -2.16. The Labute approximate surface area is 207 Å². The zero-order valence-electron chi connectivity index (χ0n) is 20.1. The molecule has 0 radical (unpaired) electrons. The standard InChI is InChI=1S/C25H29N5O6/c1-15(2)13-16-7-5-10-19-22(16)29-21(36-19)14-30-12-6-9-18(24(30)33)27-23(32)17(28-25(34)35)8-3-4-11-20(26)31/h4-7,9-12,15,17,28H,3,8,13-14H2,1-2H3,(H2,26,31)(H,27,32)(H,34,35)/b11-4+. The van der Waals surface area contributed by atoms with Crippen LogP contribution in [0, 0.1) is 5.92 Å². The van der Waals surface area contributed by atoms with Gasteiger partial charge in [-0.1, -0.05) is 32.1 Å². The first-order valence-electron chi connectivity index (χ1n) is 11.5. The molecule has 3 amide bonds. The number of carbonyl (C=O) groups excluding carboxylic acids is 2. The summed E-state index contributed by atoms with van der Waals surface area (Å²) in [6, 6.07) is 7.59. The first-order valence-corrected chi connectivity index (χ1v) is 11.5. The molecule has 0 spiro atoms. The summed E-state index contributed by atoms with van der Waals surface area (Å²) in [7, 11) is 0. The summed E-state index contributed by atoms with van der Waals surface area (Å²) in [6.45, 7) is 4.29. The molecule has 0 fully saturated rings. The Hall–Kier alpha value is -4.41. The zero-order chi connectivity index (χ0) is 26.2. The van der Waals surface area contributed by atoms with Gasteiger partial charge in [-0.3, -0.25) is 14.4 Å². The Morgan fingerprint density at radius 2 is 2.00 bits per heavy atom. The molecule has 0 saturated heterocycles. The quantitative estimate of drug-likeness (QED) is 0.296. The predicted octanol–water partition coefficient (Wildman–Crippen LogP) is 2.63. The highest BCUT2D eigenvalue weighted by molar-refractivity contribution is 5.96. The predicted molar refractivity (Wildman–Crippen MR) is 134 cm³/mol. The third-order valence-electron chi connectivity index (χ3n) is 5.28. The van der Waals surface area contributed by atoms with Gasteiger partial charge in [0.05, 0.1) is 0 Å². The number of fused-ring (bicyclic) bond motifs is 1. The molecule has 0 aliphatic rings. The molecule has 2 aromatic heterocycles. The summed E-state index contributed by atoms with van der Waals surface area (Å²) < 4.78 is 7.20. The lowest BCUT2D eigenvalue weighted by molar-refractivity contribution is -0.118. The topological polar surface area (TPSA) is 170 Å². The van der Waals surface area contributed by atoms with Crippen LogP contribution in [0.3, 0.4) is 0 Å². The molecular formula is C25H29N5O6. The van der Waals surface area contributed by atoms with Gasteiger partial charge >= 0.3 is 6.09 Å². The number of allylic oxidation sites excluding steroid dienone is 1. The number of oxazole rings is 1. The molecule has 0 saturated carbocycles. The monoisotopic (exact) mass is 495 g/mol. The number of benzene rings is 1. The third kappa shape index (κ3) is 7.05. The van der Waals surface area contributed by atoms with Gasteiger partial charge in [-0.25, -0.2) is 9.78 Å². The Kier molecular flexibility index (Phi) is 8.61. The van der Waals surface area contributed by atoms with E-state index < -0.39 is 29.5 Å². The third-order valence-corrected chi connectivity index (χ3v) is 5.28.